The van der Waals surface area contributed by atoms with Crippen molar-refractivity contribution in [3.8, 4) is 17.0 Å². The lowest BCUT2D eigenvalue weighted by molar-refractivity contribution is 0.0696. The number of pyridine rings is 1. The van der Waals surface area contributed by atoms with Crippen molar-refractivity contribution in [1.29, 1.82) is 0 Å². The minimum atomic E-state index is -1.04. The SMILES string of the molecule is COc1cc(C(=O)O)ccc1Nc1nccc(-c2cnc3c(c2)C(C)(CO)CN3)n1. The van der Waals surface area contributed by atoms with Crippen molar-refractivity contribution in [2.45, 2.75) is 12.3 Å². The molecule has 3 aromatic rings. The highest BCUT2D eigenvalue weighted by atomic mass is 16.5. The highest BCUT2D eigenvalue weighted by Gasteiger charge is 2.35. The van der Waals surface area contributed by atoms with E-state index < -0.39 is 11.4 Å². The second-order valence-electron chi connectivity index (χ2n) is 7.30. The first-order valence-electron chi connectivity index (χ1n) is 9.30. The lowest BCUT2D eigenvalue weighted by Gasteiger charge is -2.20. The number of anilines is 3. The normalized spacial score (nSPS) is 17.2. The van der Waals surface area contributed by atoms with Crippen LogP contribution < -0.4 is 15.4 Å². The molecular weight excluding hydrogens is 386 g/mol. The van der Waals surface area contributed by atoms with Gasteiger partial charge in [-0.05, 0) is 30.3 Å². The molecule has 3 heterocycles. The van der Waals surface area contributed by atoms with Gasteiger partial charge in [0, 0.05) is 35.5 Å². The fourth-order valence-corrected chi connectivity index (χ4v) is 3.35. The van der Waals surface area contributed by atoms with Gasteiger partial charge in [-0.3, -0.25) is 0 Å². The molecule has 1 aliphatic rings. The van der Waals surface area contributed by atoms with E-state index in [2.05, 4.69) is 25.6 Å². The highest BCUT2D eigenvalue weighted by molar-refractivity contribution is 5.89. The summed E-state index contributed by atoms with van der Waals surface area (Å²) in [6.45, 7) is 2.62. The van der Waals surface area contributed by atoms with E-state index in [4.69, 9.17) is 9.84 Å². The average molecular weight is 407 g/mol. The Labute approximate surface area is 172 Å². The number of fused-ring (bicyclic) bond motifs is 1. The number of methoxy groups -OCH3 is 1. The summed E-state index contributed by atoms with van der Waals surface area (Å²) >= 11 is 0. The van der Waals surface area contributed by atoms with Crippen LogP contribution >= 0.6 is 0 Å². The summed E-state index contributed by atoms with van der Waals surface area (Å²) < 4.78 is 5.29. The number of carbonyl (C=O) groups is 1. The fourth-order valence-electron chi connectivity index (χ4n) is 3.35. The first kappa shape index (κ1) is 19.6. The highest BCUT2D eigenvalue weighted by Crippen LogP contribution is 2.37. The van der Waals surface area contributed by atoms with E-state index >= 15 is 0 Å². The molecule has 4 N–H and O–H groups in total. The van der Waals surface area contributed by atoms with Crippen LogP contribution in [0.3, 0.4) is 0 Å². The number of nitrogens with one attached hydrogen (secondary N) is 2. The molecule has 9 nitrogen and oxygen atoms in total. The quantitative estimate of drug-likeness (QED) is 0.487. The number of hydrogen-bond acceptors (Lipinski definition) is 8. The van der Waals surface area contributed by atoms with E-state index in [0.29, 0.717) is 29.6 Å². The van der Waals surface area contributed by atoms with E-state index in [1.165, 1.54) is 19.2 Å². The van der Waals surface area contributed by atoms with Crippen LogP contribution in [0.2, 0.25) is 0 Å². The molecule has 0 fully saturated rings. The van der Waals surface area contributed by atoms with E-state index in [1.807, 2.05) is 13.0 Å². The largest absolute Gasteiger partial charge is 0.495 e. The van der Waals surface area contributed by atoms with Crippen LogP contribution in [-0.4, -0.2) is 51.4 Å². The zero-order valence-corrected chi connectivity index (χ0v) is 16.5. The van der Waals surface area contributed by atoms with Crippen LogP contribution in [0.4, 0.5) is 17.5 Å². The molecule has 1 atom stereocenters. The van der Waals surface area contributed by atoms with Crippen LogP contribution in [0.15, 0.2) is 42.7 Å². The maximum atomic E-state index is 11.2. The van der Waals surface area contributed by atoms with Gasteiger partial charge in [-0.2, -0.15) is 0 Å². The molecule has 154 valence electrons. The Morgan fingerprint density at radius 2 is 2.13 bits per heavy atom. The number of aliphatic hydroxyl groups is 1. The number of aliphatic hydroxyl groups excluding tert-OH is 1. The van der Waals surface area contributed by atoms with Crippen LogP contribution in [0.5, 0.6) is 5.75 Å². The van der Waals surface area contributed by atoms with E-state index in [9.17, 15) is 9.90 Å². The molecule has 0 saturated heterocycles. The molecule has 30 heavy (non-hydrogen) atoms. The summed E-state index contributed by atoms with van der Waals surface area (Å²) in [6, 6.07) is 8.27. The van der Waals surface area contributed by atoms with Crippen molar-refractivity contribution in [3.63, 3.8) is 0 Å². The average Bonchev–Trinajstić information content (AvgIpc) is 3.11. The molecule has 0 saturated carbocycles. The third-order valence-electron chi connectivity index (χ3n) is 5.18. The summed E-state index contributed by atoms with van der Waals surface area (Å²) in [4.78, 5) is 24.4. The smallest absolute Gasteiger partial charge is 0.335 e. The summed E-state index contributed by atoms with van der Waals surface area (Å²) in [5.41, 5.74) is 2.68. The Balaban J connectivity index is 1.65. The van der Waals surface area contributed by atoms with Crippen molar-refractivity contribution in [3.05, 3.63) is 53.9 Å². The number of nitrogens with zero attached hydrogens (tertiary/aromatic N) is 3. The second-order valence-corrected chi connectivity index (χ2v) is 7.30. The van der Waals surface area contributed by atoms with E-state index in [1.54, 1.807) is 24.5 Å². The van der Waals surface area contributed by atoms with Crippen LogP contribution in [0, 0.1) is 0 Å². The Hall–Kier alpha value is -3.72. The van der Waals surface area contributed by atoms with Crippen molar-refractivity contribution >= 4 is 23.4 Å². The zero-order valence-electron chi connectivity index (χ0n) is 16.5. The second kappa shape index (κ2) is 7.60. The van der Waals surface area contributed by atoms with Gasteiger partial charge < -0.3 is 25.6 Å². The standard InChI is InChI=1S/C21H21N5O4/c1-21(11-27)10-24-18-14(21)7-13(9-23-18)15-5-6-22-20(25-15)26-16-4-3-12(19(28)29)8-17(16)30-2/h3-9,27H,10-11H2,1-2H3,(H,23,24)(H,28,29)(H,22,25,26). The Kier molecular flexibility index (Phi) is 4.96. The molecule has 1 aliphatic heterocycles. The van der Waals surface area contributed by atoms with Gasteiger partial charge in [-0.25, -0.2) is 19.7 Å². The van der Waals surface area contributed by atoms with Gasteiger partial charge in [0.2, 0.25) is 5.95 Å². The summed E-state index contributed by atoms with van der Waals surface area (Å²) in [5, 5.41) is 25.2. The van der Waals surface area contributed by atoms with Crippen LogP contribution in [-0.2, 0) is 5.41 Å². The molecule has 0 spiro atoms. The zero-order chi connectivity index (χ0) is 21.3. The lowest BCUT2D eigenvalue weighted by Crippen LogP contribution is -2.28. The summed E-state index contributed by atoms with van der Waals surface area (Å²) in [6.07, 6.45) is 3.35. The van der Waals surface area contributed by atoms with E-state index in [-0.39, 0.29) is 12.2 Å². The third kappa shape index (κ3) is 3.50. The van der Waals surface area contributed by atoms with Crippen LogP contribution in [0.25, 0.3) is 11.3 Å². The van der Waals surface area contributed by atoms with E-state index in [0.717, 1.165) is 16.9 Å². The molecule has 0 amide bonds. The molecular formula is C21H21N5O4. The Bertz CT molecular complexity index is 1120. The first-order valence-corrected chi connectivity index (χ1v) is 9.30. The van der Waals surface area contributed by atoms with Gasteiger partial charge >= 0.3 is 5.97 Å². The molecule has 4 rings (SSSR count). The van der Waals surface area contributed by atoms with Gasteiger partial charge in [0.05, 0.1) is 30.7 Å². The number of ether oxygens (including phenoxy) is 1. The predicted octanol–water partition coefficient (Wildman–Crippen LogP) is 2.66. The van der Waals surface area contributed by atoms with Gasteiger partial charge in [-0.15, -0.1) is 0 Å². The topological polar surface area (TPSA) is 129 Å². The number of hydrogen-bond donors (Lipinski definition) is 4. The summed E-state index contributed by atoms with van der Waals surface area (Å²) in [5.74, 6) is 0.433. The van der Waals surface area contributed by atoms with Crippen molar-refractivity contribution in [2.24, 2.45) is 0 Å². The van der Waals surface area contributed by atoms with Gasteiger partial charge in [0.15, 0.2) is 0 Å². The number of carboxylic acids is 1. The molecule has 9 heteroatoms. The van der Waals surface area contributed by atoms with Gasteiger partial charge in [0.25, 0.3) is 0 Å². The maximum Gasteiger partial charge on any atom is 0.335 e. The number of aromatic nitrogens is 3. The molecule has 0 bridgehead atoms. The minimum Gasteiger partial charge on any atom is -0.495 e. The number of carboxylic acid groups (broad SMARTS) is 1. The maximum absolute atomic E-state index is 11.2. The molecule has 0 radical (unpaired) electrons. The fraction of sp³-hybridized carbons (Fsp3) is 0.238. The Morgan fingerprint density at radius 1 is 1.30 bits per heavy atom. The number of benzene rings is 1. The van der Waals surface area contributed by atoms with Crippen molar-refractivity contribution in [1.82, 2.24) is 15.0 Å². The molecule has 0 aliphatic carbocycles. The third-order valence-corrected chi connectivity index (χ3v) is 5.18. The number of aromatic carboxylic acids is 1. The number of rotatable bonds is 6. The summed E-state index contributed by atoms with van der Waals surface area (Å²) in [7, 11) is 1.46. The first-order chi connectivity index (χ1) is 14.4. The molecule has 1 aromatic carbocycles. The van der Waals surface area contributed by atoms with Crippen molar-refractivity contribution in [2.75, 3.05) is 30.9 Å². The Morgan fingerprint density at radius 3 is 2.87 bits per heavy atom. The van der Waals surface area contributed by atoms with Crippen LogP contribution in [0.1, 0.15) is 22.8 Å². The predicted molar refractivity (Wildman–Crippen MR) is 111 cm³/mol. The monoisotopic (exact) mass is 407 g/mol. The molecule has 1 unspecified atom stereocenters. The minimum absolute atomic E-state index is 0.0147. The molecule has 2 aromatic heterocycles. The van der Waals surface area contributed by atoms with Gasteiger partial charge in [-0.1, -0.05) is 6.92 Å². The lowest BCUT2D eigenvalue weighted by atomic mass is 9.85. The van der Waals surface area contributed by atoms with Crippen molar-refractivity contribution < 1.29 is 19.7 Å². The van der Waals surface area contributed by atoms with Gasteiger partial charge in [0.1, 0.15) is 11.6 Å².